The SMILES string of the molecule is CCCCCC(=O)Nc1ccc2nn(-c3ccc(C(C)C)cc3)nc2c1. The average molecular weight is 350 g/mol. The predicted molar refractivity (Wildman–Crippen MR) is 106 cm³/mol. The molecule has 1 heterocycles. The topological polar surface area (TPSA) is 59.8 Å². The van der Waals surface area contributed by atoms with Gasteiger partial charge < -0.3 is 5.32 Å². The summed E-state index contributed by atoms with van der Waals surface area (Å²) in [6, 6.07) is 13.9. The highest BCUT2D eigenvalue weighted by Crippen LogP contribution is 2.20. The van der Waals surface area contributed by atoms with Gasteiger partial charge in [-0.25, -0.2) is 0 Å². The van der Waals surface area contributed by atoms with Gasteiger partial charge in [0.05, 0.1) is 5.69 Å². The molecule has 0 saturated carbocycles. The summed E-state index contributed by atoms with van der Waals surface area (Å²) in [4.78, 5) is 13.6. The van der Waals surface area contributed by atoms with Gasteiger partial charge in [-0.2, -0.15) is 4.80 Å². The number of anilines is 1. The summed E-state index contributed by atoms with van der Waals surface area (Å²) in [5.74, 6) is 0.548. The molecule has 0 spiro atoms. The third-order valence-electron chi connectivity index (χ3n) is 4.46. The summed E-state index contributed by atoms with van der Waals surface area (Å²) in [6.45, 7) is 6.48. The number of nitrogens with one attached hydrogen (secondary N) is 1. The molecule has 0 aliphatic carbocycles. The number of benzene rings is 2. The van der Waals surface area contributed by atoms with Gasteiger partial charge >= 0.3 is 0 Å². The molecule has 1 N–H and O–H groups in total. The molecule has 2 aromatic carbocycles. The highest BCUT2D eigenvalue weighted by atomic mass is 16.1. The van der Waals surface area contributed by atoms with Crippen molar-refractivity contribution < 1.29 is 4.79 Å². The van der Waals surface area contributed by atoms with Gasteiger partial charge in [0, 0.05) is 12.1 Å². The Balaban J connectivity index is 1.75. The molecule has 26 heavy (non-hydrogen) atoms. The largest absolute Gasteiger partial charge is 0.326 e. The van der Waals surface area contributed by atoms with Crippen molar-refractivity contribution in [3.63, 3.8) is 0 Å². The Morgan fingerprint density at radius 1 is 1.04 bits per heavy atom. The van der Waals surface area contributed by atoms with E-state index in [2.05, 4.69) is 48.4 Å². The van der Waals surface area contributed by atoms with Gasteiger partial charge in [-0.05, 0) is 48.2 Å². The standard InChI is InChI=1S/C21H26N4O/c1-4-5-6-7-21(26)22-17-10-13-19-20(14-17)24-25(23-19)18-11-8-16(9-12-18)15(2)3/h8-15H,4-7H2,1-3H3,(H,22,26). The lowest BCUT2D eigenvalue weighted by Gasteiger charge is -2.05. The van der Waals surface area contributed by atoms with Crippen LogP contribution in [-0.2, 0) is 4.79 Å². The summed E-state index contributed by atoms with van der Waals surface area (Å²) < 4.78 is 0. The van der Waals surface area contributed by atoms with E-state index in [0.29, 0.717) is 12.3 Å². The number of nitrogens with zero attached hydrogens (tertiary/aromatic N) is 3. The predicted octanol–water partition coefficient (Wildman–Crippen LogP) is 5.06. The van der Waals surface area contributed by atoms with E-state index in [9.17, 15) is 4.79 Å². The van der Waals surface area contributed by atoms with E-state index >= 15 is 0 Å². The summed E-state index contributed by atoms with van der Waals surface area (Å²) in [7, 11) is 0. The maximum atomic E-state index is 12.0. The van der Waals surface area contributed by atoms with Crippen molar-refractivity contribution in [2.75, 3.05) is 5.32 Å². The quantitative estimate of drug-likeness (QED) is 0.606. The maximum absolute atomic E-state index is 12.0. The summed E-state index contributed by atoms with van der Waals surface area (Å²) in [6.07, 6.45) is 3.67. The van der Waals surface area contributed by atoms with Crippen LogP contribution in [0.3, 0.4) is 0 Å². The third kappa shape index (κ3) is 4.28. The molecule has 0 radical (unpaired) electrons. The first-order valence-electron chi connectivity index (χ1n) is 9.34. The highest BCUT2D eigenvalue weighted by molar-refractivity contribution is 5.92. The van der Waals surface area contributed by atoms with E-state index < -0.39 is 0 Å². The van der Waals surface area contributed by atoms with Crippen molar-refractivity contribution >= 4 is 22.6 Å². The smallest absolute Gasteiger partial charge is 0.224 e. The van der Waals surface area contributed by atoms with Gasteiger partial charge in [-0.1, -0.05) is 45.7 Å². The van der Waals surface area contributed by atoms with Crippen LogP contribution in [0, 0.1) is 0 Å². The summed E-state index contributed by atoms with van der Waals surface area (Å²) in [5.41, 5.74) is 4.56. The molecule has 136 valence electrons. The van der Waals surface area contributed by atoms with Crippen molar-refractivity contribution in [2.24, 2.45) is 0 Å². The van der Waals surface area contributed by atoms with Crippen LogP contribution in [0.1, 0.15) is 57.9 Å². The lowest BCUT2D eigenvalue weighted by Crippen LogP contribution is -2.10. The van der Waals surface area contributed by atoms with E-state index in [4.69, 9.17) is 0 Å². The first-order valence-corrected chi connectivity index (χ1v) is 9.34. The second-order valence-corrected chi connectivity index (χ2v) is 6.94. The van der Waals surface area contributed by atoms with Crippen LogP contribution in [0.2, 0.25) is 0 Å². The zero-order valence-corrected chi connectivity index (χ0v) is 15.7. The Morgan fingerprint density at radius 3 is 2.46 bits per heavy atom. The monoisotopic (exact) mass is 350 g/mol. The molecular weight excluding hydrogens is 324 g/mol. The molecule has 0 saturated heterocycles. The number of unbranched alkanes of at least 4 members (excludes halogenated alkanes) is 2. The van der Waals surface area contributed by atoms with E-state index in [0.717, 1.165) is 41.7 Å². The number of aromatic nitrogens is 3. The molecule has 0 aliphatic rings. The van der Waals surface area contributed by atoms with E-state index in [1.54, 1.807) is 4.80 Å². The molecule has 0 atom stereocenters. The van der Waals surface area contributed by atoms with Gasteiger partial charge in [0.1, 0.15) is 11.0 Å². The second-order valence-electron chi connectivity index (χ2n) is 6.94. The van der Waals surface area contributed by atoms with Crippen LogP contribution in [0.25, 0.3) is 16.7 Å². The molecule has 0 fully saturated rings. The van der Waals surface area contributed by atoms with Crippen molar-refractivity contribution in [1.29, 1.82) is 0 Å². The zero-order valence-electron chi connectivity index (χ0n) is 15.7. The number of fused-ring (bicyclic) bond motifs is 1. The van der Waals surface area contributed by atoms with Crippen molar-refractivity contribution in [3.05, 3.63) is 48.0 Å². The molecular formula is C21H26N4O. The maximum Gasteiger partial charge on any atom is 0.224 e. The number of hydrogen-bond donors (Lipinski definition) is 1. The van der Waals surface area contributed by atoms with Crippen LogP contribution >= 0.6 is 0 Å². The molecule has 5 nitrogen and oxygen atoms in total. The molecule has 0 aliphatic heterocycles. The van der Waals surface area contributed by atoms with Crippen LogP contribution in [0.15, 0.2) is 42.5 Å². The number of carbonyl (C=O) groups excluding carboxylic acids is 1. The summed E-state index contributed by atoms with van der Waals surface area (Å²) in [5, 5.41) is 12.0. The first kappa shape index (κ1) is 18.1. The normalized spacial score (nSPS) is 11.2. The highest BCUT2D eigenvalue weighted by Gasteiger charge is 2.08. The average Bonchev–Trinajstić information content (AvgIpc) is 3.05. The summed E-state index contributed by atoms with van der Waals surface area (Å²) >= 11 is 0. The lowest BCUT2D eigenvalue weighted by molar-refractivity contribution is -0.116. The van der Waals surface area contributed by atoms with Gasteiger partial charge in [-0.15, -0.1) is 10.2 Å². The fourth-order valence-corrected chi connectivity index (χ4v) is 2.86. The number of hydrogen-bond acceptors (Lipinski definition) is 3. The lowest BCUT2D eigenvalue weighted by atomic mass is 10.0. The van der Waals surface area contributed by atoms with E-state index in [1.165, 1.54) is 5.56 Å². The van der Waals surface area contributed by atoms with Crippen molar-refractivity contribution in [1.82, 2.24) is 15.0 Å². The van der Waals surface area contributed by atoms with E-state index in [-0.39, 0.29) is 5.91 Å². The second kappa shape index (κ2) is 8.13. The Hall–Kier alpha value is -2.69. The third-order valence-corrected chi connectivity index (χ3v) is 4.46. The molecule has 0 unspecified atom stereocenters. The van der Waals surface area contributed by atoms with Crippen LogP contribution in [0.4, 0.5) is 5.69 Å². The minimum atomic E-state index is 0.0504. The Labute approximate surface area is 154 Å². The van der Waals surface area contributed by atoms with Crippen molar-refractivity contribution in [3.8, 4) is 5.69 Å². The Kier molecular flexibility index (Phi) is 5.66. The minimum Gasteiger partial charge on any atom is -0.326 e. The molecule has 1 amide bonds. The minimum absolute atomic E-state index is 0.0504. The number of rotatable bonds is 7. The Bertz CT molecular complexity index is 881. The van der Waals surface area contributed by atoms with Crippen molar-refractivity contribution in [2.45, 2.75) is 52.4 Å². The fourth-order valence-electron chi connectivity index (χ4n) is 2.86. The first-order chi connectivity index (χ1) is 12.6. The molecule has 0 bridgehead atoms. The van der Waals surface area contributed by atoms with Crippen LogP contribution in [-0.4, -0.2) is 20.9 Å². The molecule has 5 heteroatoms. The van der Waals surface area contributed by atoms with Gasteiger partial charge in [0.15, 0.2) is 0 Å². The Morgan fingerprint density at radius 2 is 1.77 bits per heavy atom. The van der Waals surface area contributed by atoms with Crippen LogP contribution in [0.5, 0.6) is 0 Å². The fraction of sp³-hybridized carbons (Fsp3) is 0.381. The number of carbonyl (C=O) groups is 1. The zero-order chi connectivity index (χ0) is 18.5. The van der Waals surface area contributed by atoms with E-state index in [1.807, 2.05) is 30.3 Å². The molecule has 3 aromatic rings. The number of amides is 1. The van der Waals surface area contributed by atoms with Gasteiger partial charge in [0.2, 0.25) is 5.91 Å². The van der Waals surface area contributed by atoms with Gasteiger partial charge in [0.25, 0.3) is 0 Å². The molecule has 1 aromatic heterocycles. The van der Waals surface area contributed by atoms with Gasteiger partial charge in [-0.3, -0.25) is 4.79 Å². The molecule has 3 rings (SSSR count). The van der Waals surface area contributed by atoms with Crippen LogP contribution < -0.4 is 5.32 Å².